The summed E-state index contributed by atoms with van der Waals surface area (Å²) in [5.41, 5.74) is 0. The van der Waals surface area contributed by atoms with E-state index in [9.17, 15) is 0 Å². The van der Waals surface area contributed by atoms with Gasteiger partial charge in [-0.15, -0.1) is 0 Å². The maximum absolute atomic E-state index is 2.29. The minimum Gasteiger partial charge on any atom is -0.0654 e. The smallest absolute Gasteiger partial charge is 0 e. The van der Waals surface area contributed by atoms with E-state index >= 15 is 0 Å². The first kappa shape index (κ1) is 18.2. The monoisotopic (exact) mass is 318 g/mol. The van der Waals surface area contributed by atoms with Crippen molar-refractivity contribution in [3.63, 3.8) is 0 Å². The SMILES string of the molecule is CCCCCCCCCCCCCC.[Sn]. The van der Waals surface area contributed by atoms with Gasteiger partial charge < -0.3 is 0 Å². The Morgan fingerprint density at radius 1 is 0.400 bits per heavy atom. The van der Waals surface area contributed by atoms with Crippen LogP contribution in [0.3, 0.4) is 0 Å². The summed E-state index contributed by atoms with van der Waals surface area (Å²) in [4.78, 5) is 0. The van der Waals surface area contributed by atoms with Crippen LogP contribution in [0.5, 0.6) is 0 Å². The van der Waals surface area contributed by atoms with Crippen LogP contribution in [-0.2, 0) is 0 Å². The van der Waals surface area contributed by atoms with Crippen molar-refractivity contribution >= 4 is 23.9 Å². The van der Waals surface area contributed by atoms with Gasteiger partial charge in [-0.1, -0.05) is 90.9 Å². The summed E-state index contributed by atoms with van der Waals surface area (Å²) in [6.45, 7) is 4.57. The van der Waals surface area contributed by atoms with E-state index in [2.05, 4.69) is 13.8 Å². The first-order chi connectivity index (χ1) is 6.91. The molecule has 1 heteroatoms. The Labute approximate surface area is 115 Å². The van der Waals surface area contributed by atoms with Crippen LogP contribution in [0.4, 0.5) is 0 Å². The molecule has 90 valence electrons. The molecule has 0 fully saturated rings. The van der Waals surface area contributed by atoms with Gasteiger partial charge in [0.05, 0.1) is 0 Å². The molecule has 0 atom stereocenters. The van der Waals surface area contributed by atoms with Crippen LogP contribution < -0.4 is 0 Å². The average Bonchev–Trinajstić information content (AvgIpc) is 2.21. The van der Waals surface area contributed by atoms with Crippen molar-refractivity contribution in [3.05, 3.63) is 0 Å². The zero-order valence-electron chi connectivity index (χ0n) is 11.0. The quantitative estimate of drug-likeness (QED) is 0.357. The van der Waals surface area contributed by atoms with Crippen molar-refractivity contribution in [2.24, 2.45) is 0 Å². The second kappa shape index (κ2) is 17.2. The fraction of sp³-hybridized carbons (Fsp3) is 1.00. The van der Waals surface area contributed by atoms with Gasteiger partial charge in [0.2, 0.25) is 0 Å². The molecule has 0 aliphatic heterocycles. The first-order valence-electron chi connectivity index (χ1n) is 6.91. The fourth-order valence-electron chi connectivity index (χ4n) is 1.91. The zero-order chi connectivity index (χ0) is 10.5. The molecule has 0 aromatic rings. The normalized spacial score (nSPS) is 10.0. The van der Waals surface area contributed by atoms with Gasteiger partial charge in [-0.05, 0) is 0 Å². The van der Waals surface area contributed by atoms with E-state index in [1.165, 1.54) is 77.0 Å². The minimum atomic E-state index is 0. The Hall–Kier alpha value is 0.799. The van der Waals surface area contributed by atoms with Gasteiger partial charge in [0, 0.05) is 23.9 Å². The Balaban J connectivity index is 0. The van der Waals surface area contributed by atoms with Crippen LogP contribution in [0.25, 0.3) is 0 Å². The molecule has 15 heavy (non-hydrogen) atoms. The third-order valence-corrected chi connectivity index (χ3v) is 2.96. The fourth-order valence-corrected chi connectivity index (χ4v) is 1.91. The van der Waals surface area contributed by atoms with E-state index < -0.39 is 0 Å². The molecule has 0 saturated carbocycles. The van der Waals surface area contributed by atoms with Crippen LogP contribution in [0.15, 0.2) is 0 Å². The number of unbranched alkanes of at least 4 members (excludes halogenated alkanes) is 11. The van der Waals surface area contributed by atoms with E-state index in [-0.39, 0.29) is 23.9 Å². The molecular formula is C14H30Sn. The standard InChI is InChI=1S/C14H30.Sn/c1-3-5-7-9-11-13-14-12-10-8-6-4-2;/h3-14H2,1-2H3;. The summed E-state index contributed by atoms with van der Waals surface area (Å²) in [7, 11) is 0. The average molecular weight is 317 g/mol. The molecule has 0 spiro atoms. The van der Waals surface area contributed by atoms with Crippen molar-refractivity contribution < 1.29 is 0 Å². The topological polar surface area (TPSA) is 0 Å². The molecule has 0 heterocycles. The first-order valence-corrected chi connectivity index (χ1v) is 6.91. The van der Waals surface area contributed by atoms with Crippen LogP contribution in [0.2, 0.25) is 0 Å². The van der Waals surface area contributed by atoms with Gasteiger partial charge in [-0.25, -0.2) is 0 Å². The molecule has 0 aliphatic carbocycles. The minimum absolute atomic E-state index is 0. The summed E-state index contributed by atoms with van der Waals surface area (Å²) in [6.07, 6.45) is 17.4. The van der Waals surface area contributed by atoms with Gasteiger partial charge in [0.1, 0.15) is 0 Å². The number of hydrogen-bond donors (Lipinski definition) is 0. The summed E-state index contributed by atoms with van der Waals surface area (Å²) in [5, 5.41) is 0. The molecule has 0 saturated heterocycles. The van der Waals surface area contributed by atoms with Gasteiger partial charge in [-0.3, -0.25) is 0 Å². The van der Waals surface area contributed by atoms with E-state index in [0.717, 1.165) is 0 Å². The summed E-state index contributed by atoms with van der Waals surface area (Å²) < 4.78 is 0. The predicted octanol–water partition coefficient (Wildman–Crippen LogP) is 5.33. The summed E-state index contributed by atoms with van der Waals surface area (Å²) in [5.74, 6) is 0. The van der Waals surface area contributed by atoms with Crippen LogP contribution in [0.1, 0.15) is 90.9 Å². The third kappa shape index (κ3) is 17.4. The third-order valence-electron chi connectivity index (χ3n) is 2.96. The van der Waals surface area contributed by atoms with Gasteiger partial charge in [-0.2, -0.15) is 0 Å². The molecule has 0 N–H and O–H groups in total. The molecule has 0 nitrogen and oxygen atoms in total. The van der Waals surface area contributed by atoms with Crippen molar-refractivity contribution in [3.8, 4) is 0 Å². The molecule has 0 aromatic carbocycles. The Morgan fingerprint density at radius 2 is 0.600 bits per heavy atom. The Kier molecular flexibility index (Phi) is 20.8. The van der Waals surface area contributed by atoms with E-state index in [1.807, 2.05) is 0 Å². The second-order valence-corrected chi connectivity index (χ2v) is 4.54. The molecule has 0 rings (SSSR count). The van der Waals surface area contributed by atoms with Crippen molar-refractivity contribution in [2.75, 3.05) is 0 Å². The van der Waals surface area contributed by atoms with E-state index in [0.29, 0.717) is 0 Å². The van der Waals surface area contributed by atoms with Crippen molar-refractivity contribution in [1.29, 1.82) is 0 Å². The van der Waals surface area contributed by atoms with Crippen molar-refractivity contribution in [1.82, 2.24) is 0 Å². The maximum Gasteiger partial charge on any atom is 0 e. The molecule has 0 amide bonds. The van der Waals surface area contributed by atoms with Crippen LogP contribution in [0, 0.1) is 0 Å². The van der Waals surface area contributed by atoms with Crippen molar-refractivity contribution in [2.45, 2.75) is 90.9 Å². The predicted molar refractivity (Wildman–Crippen MR) is 72.5 cm³/mol. The molecular weight excluding hydrogens is 287 g/mol. The largest absolute Gasteiger partial charge is 0.0654 e. The van der Waals surface area contributed by atoms with Crippen LogP contribution in [-0.4, -0.2) is 23.9 Å². The van der Waals surface area contributed by atoms with Crippen LogP contribution >= 0.6 is 0 Å². The summed E-state index contributed by atoms with van der Waals surface area (Å²) in [6, 6.07) is 0. The Morgan fingerprint density at radius 3 is 0.800 bits per heavy atom. The molecule has 4 radical (unpaired) electrons. The molecule has 0 bridgehead atoms. The van der Waals surface area contributed by atoms with Gasteiger partial charge in [0.25, 0.3) is 0 Å². The molecule has 0 aromatic heterocycles. The maximum atomic E-state index is 2.29. The molecule has 0 unspecified atom stereocenters. The van der Waals surface area contributed by atoms with E-state index in [1.54, 1.807) is 0 Å². The van der Waals surface area contributed by atoms with E-state index in [4.69, 9.17) is 0 Å². The van der Waals surface area contributed by atoms with Gasteiger partial charge >= 0.3 is 0 Å². The molecule has 0 aliphatic rings. The zero-order valence-corrected chi connectivity index (χ0v) is 13.8. The number of rotatable bonds is 11. The Bertz CT molecular complexity index is 79.3. The second-order valence-electron chi connectivity index (χ2n) is 4.54. The van der Waals surface area contributed by atoms with Gasteiger partial charge in [0.15, 0.2) is 0 Å². The summed E-state index contributed by atoms with van der Waals surface area (Å²) >= 11 is 0. The number of hydrogen-bond acceptors (Lipinski definition) is 0.